The third-order valence-electron chi connectivity index (χ3n) is 3.60. The normalized spacial score (nSPS) is 10.3. The van der Waals surface area contributed by atoms with Crippen LogP contribution in [0.5, 0.6) is 0 Å². The number of hydrogen-bond donors (Lipinski definition) is 2. The molecule has 2 aromatic carbocycles. The summed E-state index contributed by atoms with van der Waals surface area (Å²) >= 11 is 5.34. The van der Waals surface area contributed by atoms with Crippen LogP contribution in [0.1, 0.15) is 36.5 Å². The molecule has 2 N–H and O–H groups in total. The number of unbranched alkanes of at least 4 members (excludes halogenated alkanes) is 1. The van der Waals surface area contributed by atoms with Crippen LogP contribution in [0.3, 0.4) is 0 Å². The fraction of sp³-hybridized carbons (Fsp3) is 0.316. The molecular formula is C19H24N2S. The minimum Gasteiger partial charge on any atom is -0.358 e. The van der Waals surface area contributed by atoms with Gasteiger partial charge >= 0.3 is 0 Å². The maximum Gasteiger partial charge on any atom is 0.171 e. The quantitative estimate of drug-likeness (QED) is 0.748. The van der Waals surface area contributed by atoms with Crippen molar-refractivity contribution in [2.45, 2.75) is 39.7 Å². The van der Waals surface area contributed by atoms with E-state index in [2.05, 4.69) is 73.0 Å². The summed E-state index contributed by atoms with van der Waals surface area (Å²) in [5, 5.41) is 7.12. The van der Waals surface area contributed by atoms with E-state index in [4.69, 9.17) is 12.2 Å². The molecule has 0 aromatic heterocycles. The second-order valence-corrected chi connectivity index (χ2v) is 6.00. The lowest BCUT2D eigenvalue weighted by Crippen LogP contribution is -2.27. The molecule has 0 bridgehead atoms. The monoisotopic (exact) mass is 312 g/mol. The minimum absolute atomic E-state index is 0.655. The van der Waals surface area contributed by atoms with E-state index in [0.717, 1.165) is 18.7 Å². The molecule has 0 atom stereocenters. The first kappa shape index (κ1) is 16.5. The van der Waals surface area contributed by atoms with Gasteiger partial charge < -0.3 is 10.6 Å². The van der Waals surface area contributed by atoms with Crippen LogP contribution in [0.25, 0.3) is 0 Å². The summed E-state index contributed by atoms with van der Waals surface area (Å²) < 4.78 is 0. The van der Waals surface area contributed by atoms with Crippen LogP contribution < -0.4 is 10.6 Å². The third kappa shape index (κ3) is 5.49. The molecule has 2 nitrogen and oxygen atoms in total. The van der Waals surface area contributed by atoms with E-state index >= 15 is 0 Å². The highest BCUT2D eigenvalue weighted by Crippen LogP contribution is 2.12. The lowest BCUT2D eigenvalue weighted by molar-refractivity contribution is 0.795. The van der Waals surface area contributed by atoms with E-state index in [-0.39, 0.29) is 0 Å². The smallest absolute Gasteiger partial charge is 0.171 e. The maximum atomic E-state index is 5.34. The standard InChI is InChI=1S/C19H24N2S/c1-3-4-5-16-10-12-18(13-11-16)21-19(22)20-14-17-8-6-15(2)7-9-17/h6-13H,3-5,14H2,1-2H3,(H2,20,21,22). The molecule has 0 radical (unpaired) electrons. The predicted octanol–water partition coefficient (Wildman–Crippen LogP) is 4.82. The number of anilines is 1. The minimum atomic E-state index is 0.655. The zero-order chi connectivity index (χ0) is 15.8. The Kier molecular flexibility index (Phi) is 6.41. The van der Waals surface area contributed by atoms with Crippen molar-refractivity contribution < 1.29 is 0 Å². The van der Waals surface area contributed by atoms with Gasteiger partial charge in [0.05, 0.1) is 0 Å². The molecule has 3 heteroatoms. The van der Waals surface area contributed by atoms with Crippen molar-refractivity contribution in [3.05, 3.63) is 65.2 Å². The number of aryl methyl sites for hydroxylation is 2. The van der Waals surface area contributed by atoms with E-state index in [0.29, 0.717) is 5.11 Å². The molecule has 0 saturated heterocycles. The SMILES string of the molecule is CCCCc1ccc(NC(=S)NCc2ccc(C)cc2)cc1. The zero-order valence-electron chi connectivity index (χ0n) is 13.4. The van der Waals surface area contributed by atoms with Crippen molar-refractivity contribution in [1.29, 1.82) is 0 Å². The molecule has 0 aliphatic rings. The van der Waals surface area contributed by atoms with Gasteiger partial charge in [-0.25, -0.2) is 0 Å². The summed E-state index contributed by atoms with van der Waals surface area (Å²) in [5.41, 5.74) is 4.91. The summed E-state index contributed by atoms with van der Waals surface area (Å²) in [5.74, 6) is 0. The van der Waals surface area contributed by atoms with Crippen LogP contribution in [0.15, 0.2) is 48.5 Å². The van der Waals surface area contributed by atoms with E-state index < -0.39 is 0 Å². The van der Waals surface area contributed by atoms with Gasteiger partial charge in [0, 0.05) is 12.2 Å². The van der Waals surface area contributed by atoms with Gasteiger partial charge in [0.25, 0.3) is 0 Å². The first-order valence-electron chi connectivity index (χ1n) is 7.86. The molecule has 0 fully saturated rings. The summed E-state index contributed by atoms with van der Waals surface area (Å²) in [4.78, 5) is 0. The van der Waals surface area contributed by atoms with Gasteiger partial charge in [0.2, 0.25) is 0 Å². The number of nitrogens with one attached hydrogen (secondary N) is 2. The Morgan fingerprint density at radius 2 is 1.59 bits per heavy atom. The second-order valence-electron chi connectivity index (χ2n) is 5.59. The molecule has 0 aliphatic heterocycles. The summed E-state index contributed by atoms with van der Waals surface area (Å²) in [7, 11) is 0. The highest BCUT2D eigenvalue weighted by molar-refractivity contribution is 7.80. The van der Waals surface area contributed by atoms with Crippen LogP contribution in [0.2, 0.25) is 0 Å². The van der Waals surface area contributed by atoms with Gasteiger partial charge in [-0.2, -0.15) is 0 Å². The van der Waals surface area contributed by atoms with Crippen molar-refractivity contribution in [3.63, 3.8) is 0 Å². The van der Waals surface area contributed by atoms with Gasteiger partial charge in [0.1, 0.15) is 0 Å². The molecular weight excluding hydrogens is 288 g/mol. The Bertz CT molecular complexity index is 588. The Morgan fingerprint density at radius 1 is 0.955 bits per heavy atom. The Labute approximate surface area is 139 Å². The van der Waals surface area contributed by atoms with Crippen LogP contribution in [0.4, 0.5) is 5.69 Å². The highest BCUT2D eigenvalue weighted by atomic mass is 32.1. The lowest BCUT2D eigenvalue weighted by Gasteiger charge is -2.11. The third-order valence-corrected chi connectivity index (χ3v) is 3.85. The Balaban J connectivity index is 1.80. The second kappa shape index (κ2) is 8.54. The van der Waals surface area contributed by atoms with Crippen molar-refractivity contribution in [2.24, 2.45) is 0 Å². The van der Waals surface area contributed by atoms with E-state index in [9.17, 15) is 0 Å². The van der Waals surface area contributed by atoms with Crippen LogP contribution in [-0.4, -0.2) is 5.11 Å². The molecule has 22 heavy (non-hydrogen) atoms. The van der Waals surface area contributed by atoms with Crippen molar-refractivity contribution in [3.8, 4) is 0 Å². The average molecular weight is 312 g/mol. The molecule has 116 valence electrons. The van der Waals surface area contributed by atoms with Gasteiger partial charge in [-0.15, -0.1) is 0 Å². The summed E-state index contributed by atoms with van der Waals surface area (Å²) in [6.45, 7) is 5.04. The maximum absolute atomic E-state index is 5.34. The molecule has 2 aromatic rings. The van der Waals surface area contributed by atoms with E-state index in [1.165, 1.54) is 29.5 Å². The van der Waals surface area contributed by atoms with Gasteiger partial charge in [-0.3, -0.25) is 0 Å². The molecule has 0 spiro atoms. The predicted molar refractivity (Wildman–Crippen MR) is 99.3 cm³/mol. The highest BCUT2D eigenvalue weighted by Gasteiger charge is 1.99. The number of thiocarbonyl (C=S) groups is 1. The first-order chi connectivity index (χ1) is 10.7. The van der Waals surface area contributed by atoms with E-state index in [1.807, 2.05) is 0 Å². The zero-order valence-corrected chi connectivity index (χ0v) is 14.2. The van der Waals surface area contributed by atoms with Crippen LogP contribution in [-0.2, 0) is 13.0 Å². The Morgan fingerprint density at radius 3 is 2.23 bits per heavy atom. The first-order valence-corrected chi connectivity index (χ1v) is 8.27. The van der Waals surface area contributed by atoms with Crippen molar-refractivity contribution in [2.75, 3.05) is 5.32 Å². The van der Waals surface area contributed by atoms with E-state index in [1.54, 1.807) is 0 Å². The molecule has 0 amide bonds. The van der Waals surface area contributed by atoms with Crippen LogP contribution in [0, 0.1) is 6.92 Å². The number of rotatable bonds is 6. The average Bonchev–Trinajstić information content (AvgIpc) is 2.54. The van der Waals surface area contributed by atoms with Gasteiger partial charge in [0.15, 0.2) is 5.11 Å². The molecule has 0 aliphatic carbocycles. The number of benzene rings is 2. The fourth-order valence-electron chi connectivity index (χ4n) is 2.20. The molecule has 0 heterocycles. The molecule has 0 saturated carbocycles. The Hall–Kier alpha value is -1.87. The molecule has 0 unspecified atom stereocenters. The largest absolute Gasteiger partial charge is 0.358 e. The van der Waals surface area contributed by atoms with Gasteiger partial charge in [-0.1, -0.05) is 55.3 Å². The van der Waals surface area contributed by atoms with Crippen molar-refractivity contribution in [1.82, 2.24) is 5.32 Å². The molecule has 2 rings (SSSR count). The van der Waals surface area contributed by atoms with Crippen molar-refractivity contribution >= 4 is 23.0 Å². The number of hydrogen-bond acceptors (Lipinski definition) is 1. The van der Waals surface area contributed by atoms with Crippen LogP contribution >= 0.6 is 12.2 Å². The lowest BCUT2D eigenvalue weighted by atomic mass is 10.1. The van der Waals surface area contributed by atoms with Gasteiger partial charge in [-0.05, 0) is 55.2 Å². The summed E-state index contributed by atoms with van der Waals surface area (Å²) in [6, 6.07) is 17.0. The summed E-state index contributed by atoms with van der Waals surface area (Å²) in [6.07, 6.45) is 3.61. The topological polar surface area (TPSA) is 24.1 Å². The fourth-order valence-corrected chi connectivity index (χ4v) is 2.39.